The minimum atomic E-state index is -3.41. The Labute approximate surface area is 188 Å². The first-order valence-electron chi connectivity index (χ1n) is 10.2. The summed E-state index contributed by atoms with van der Waals surface area (Å²) in [5, 5.41) is 5.47. The van der Waals surface area contributed by atoms with E-state index < -0.39 is 19.7 Å². The smallest absolute Gasteiger partial charge is 0.328 e. The van der Waals surface area contributed by atoms with E-state index >= 15 is 0 Å². The van der Waals surface area contributed by atoms with Gasteiger partial charge in [-0.05, 0) is 64.3 Å². The second-order valence-corrected chi connectivity index (χ2v) is 11.2. The number of rotatable bonds is 12. The van der Waals surface area contributed by atoms with E-state index in [-0.39, 0.29) is 36.5 Å². The van der Waals surface area contributed by atoms with Crippen LogP contribution >= 0.6 is 23.5 Å². The molecule has 2 N–H and O–H groups in total. The van der Waals surface area contributed by atoms with Gasteiger partial charge in [-0.1, -0.05) is 29.8 Å². The first-order valence-corrected chi connectivity index (χ1v) is 12.7. The van der Waals surface area contributed by atoms with E-state index in [9.17, 15) is 14.2 Å². The monoisotopic (exact) mass is 504 g/mol. The van der Waals surface area contributed by atoms with Crippen LogP contribution in [0.15, 0.2) is 28.7 Å². The van der Waals surface area contributed by atoms with Crippen LogP contribution < -0.4 is 10.6 Å². The van der Waals surface area contributed by atoms with Crippen molar-refractivity contribution in [2.45, 2.75) is 72.6 Å². The minimum Gasteiger partial charge on any atom is -0.328 e. The van der Waals surface area contributed by atoms with E-state index in [1.807, 2.05) is 26.0 Å². The number of ketones is 1. The standard InChI is InChI=1S/C21H34BrN2O5P/c1-14(2)13-19(24-21(26)23-18-9-7-17(22)8-10-18)20(25)11-12-30(27,28-15(3)4)29-16(5)6/h7-10,14-16,19H,11-13H2,1-6H3,(H2,23,24,26)/t19-/m0/s1. The van der Waals surface area contributed by atoms with Gasteiger partial charge in [0.1, 0.15) is 0 Å². The molecule has 9 heteroatoms. The zero-order valence-corrected chi connectivity index (χ0v) is 21.1. The SMILES string of the molecule is CC(C)C[C@H](NC(=O)Nc1ccc(Br)cc1)C(=O)CCP(=O)(OC(C)C)OC(C)C. The molecule has 1 rings (SSSR count). The van der Waals surface area contributed by atoms with Gasteiger partial charge in [0.15, 0.2) is 5.78 Å². The third-order valence-electron chi connectivity index (χ3n) is 3.88. The fourth-order valence-corrected chi connectivity index (χ4v) is 5.10. The molecule has 1 atom stereocenters. The second kappa shape index (κ2) is 12.6. The lowest BCUT2D eigenvalue weighted by atomic mass is 9.99. The minimum absolute atomic E-state index is 0.00727. The third-order valence-corrected chi connectivity index (χ3v) is 6.66. The third kappa shape index (κ3) is 10.7. The van der Waals surface area contributed by atoms with Crippen LogP contribution in [-0.4, -0.2) is 36.2 Å². The first-order chi connectivity index (χ1) is 13.9. The number of Topliss-reactive ketones (excluding diaryl/α,β-unsaturated/α-hetero) is 1. The van der Waals surface area contributed by atoms with Gasteiger partial charge >= 0.3 is 13.6 Å². The van der Waals surface area contributed by atoms with Gasteiger partial charge in [-0.25, -0.2) is 4.79 Å². The van der Waals surface area contributed by atoms with E-state index in [0.717, 1.165) is 4.47 Å². The normalized spacial score (nSPS) is 13.0. The summed E-state index contributed by atoms with van der Waals surface area (Å²) < 4.78 is 24.9. The Morgan fingerprint density at radius 2 is 1.53 bits per heavy atom. The first kappa shape index (κ1) is 26.8. The molecule has 0 saturated heterocycles. The maximum absolute atomic E-state index is 13.0. The van der Waals surface area contributed by atoms with Crippen molar-refractivity contribution in [1.82, 2.24) is 5.32 Å². The maximum Gasteiger partial charge on any atom is 0.331 e. The number of hydrogen-bond donors (Lipinski definition) is 2. The predicted molar refractivity (Wildman–Crippen MR) is 124 cm³/mol. The van der Waals surface area contributed by atoms with E-state index in [0.29, 0.717) is 12.1 Å². The number of anilines is 1. The maximum atomic E-state index is 13.0. The van der Waals surface area contributed by atoms with Crippen LogP contribution in [0, 0.1) is 5.92 Å². The highest BCUT2D eigenvalue weighted by molar-refractivity contribution is 9.10. The summed E-state index contributed by atoms with van der Waals surface area (Å²) in [6.07, 6.45) is -0.121. The van der Waals surface area contributed by atoms with Crippen LogP contribution in [0.5, 0.6) is 0 Å². The Kier molecular flexibility index (Phi) is 11.3. The zero-order chi connectivity index (χ0) is 22.9. The number of urea groups is 1. The topological polar surface area (TPSA) is 93.7 Å². The Bertz CT molecular complexity index is 723. The molecule has 0 spiro atoms. The van der Waals surface area contributed by atoms with Gasteiger partial charge in [-0.15, -0.1) is 0 Å². The summed E-state index contributed by atoms with van der Waals surface area (Å²) >= 11 is 3.34. The van der Waals surface area contributed by atoms with Crippen molar-refractivity contribution in [3.8, 4) is 0 Å². The molecule has 0 heterocycles. The van der Waals surface area contributed by atoms with Gasteiger partial charge in [0.2, 0.25) is 0 Å². The Balaban J connectivity index is 2.78. The number of carbonyl (C=O) groups is 2. The number of hydrogen-bond acceptors (Lipinski definition) is 5. The predicted octanol–water partition coefficient (Wildman–Crippen LogP) is 5.99. The van der Waals surface area contributed by atoms with E-state index in [2.05, 4.69) is 26.6 Å². The molecule has 1 aromatic rings. The van der Waals surface area contributed by atoms with Gasteiger partial charge in [-0.3, -0.25) is 9.36 Å². The Hall–Kier alpha value is -1.21. The molecule has 0 aliphatic rings. The van der Waals surface area contributed by atoms with Crippen molar-refractivity contribution in [1.29, 1.82) is 0 Å². The lowest BCUT2D eigenvalue weighted by Gasteiger charge is -2.24. The van der Waals surface area contributed by atoms with E-state index in [1.54, 1.807) is 39.8 Å². The molecule has 0 saturated carbocycles. The van der Waals surface area contributed by atoms with Gasteiger partial charge in [0.05, 0.1) is 24.4 Å². The van der Waals surface area contributed by atoms with Crippen LogP contribution in [0.2, 0.25) is 0 Å². The molecule has 0 bridgehead atoms. The summed E-state index contributed by atoms with van der Waals surface area (Å²) in [7, 11) is -3.41. The van der Waals surface area contributed by atoms with Gasteiger partial charge in [0.25, 0.3) is 0 Å². The van der Waals surface area contributed by atoms with Crippen molar-refractivity contribution in [2.24, 2.45) is 5.92 Å². The van der Waals surface area contributed by atoms with Gasteiger partial charge in [-0.2, -0.15) is 0 Å². The highest BCUT2D eigenvalue weighted by Gasteiger charge is 2.31. The summed E-state index contributed by atoms with van der Waals surface area (Å²) in [6.45, 7) is 11.0. The lowest BCUT2D eigenvalue weighted by molar-refractivity contribution is -0.120. The summed E-state index contributed by atoms with van der Waals surface area (Å²) in [4.78, 5) is 25.2. The second-order valence-electron chi connectivity index (χ2n) is 8.15. The number of nitrogens with one attached hydrogen (secondary N) is 2. The summed E-state index contributed by atoms with van der Waals surface area (Å²) in [6, 6.07) is 5.99. The molecule has 30 heavy (non-hydrogen) atoms. The molecule has 2 amide bonds. The molecule has 0 aliphatic carbocycles. The van der Waals surface area contributed by atoms with Crippen molar-refractivity contribution in [2.75, 3.05) is 11.5 Å². The molecular formula is C21H34BrN2O5P. The molecule has 0 aliphatic heterocycles. The quantitative estimate of drug-likeness (QED) is 0.341. The Morgan fingerprint density at radius 3 is 2.00 bits per heavy atom. The molecule has 1 aromatic carbocycles. The van der Waals surface area contributed by atoms with Crippen LogP contribution in [0.3, 0.4) is 0 Å². The van der Waals surface area contributed by atoms with Crippen molar-refractivity contribution < 1.29 is 23.2 Å². The van der Waals surface area contributed by atoms with Crippen molar-refractivity contribution in [3.63, 3.8) is 0 Å². The summed E-state index contributed by atoms with van der Waals surface area (Å²) in [5.74, 6) is -0.00726. The van der Waals surface area contributed by atoms with Crippen LogP contribution in [-0.2, 0) is 18.4 Å². The fraction of sp³-hybridized carbons (Fsp3) is 0.619. The average molecular weight is 505 g/mol. The molecule has 0 fully saturated rings. The largest absolute Gasteiger partial charge is 0.331 e. The number of amides is 2. The van der Waals surface area contributed by atoms with Gasteiger partial charge in [0, 0.05) is 16.6 Å². The number of halogens is 1. The molecular weight excluding hydrogens is 471 g/mol. The zero-order valence-electron chi connectivity index (χ0n) is 18.6. The van der Waals surface area contributed by atoms with Crippen LogP contribution in [0.4, 0.5) is 10.5 Å². The van der Waals surface area contributed by atoms with E-state index in [1.165, 1.54) is 0 Å². The highest BCUT2D eigenvalue weighted by atomic mass is 79.9. The fourth-order valence-electron chi connectivity index (χ4n) is 2.79. The number of benzene rings is 1. The molecule has 0 aromatic heterocycles. The summed E-state index contributed by atoms with van der Waals surface area (Å²) in [5.41, 5.74) is 0.617. The average Bonchev–Trinajstić information content (AvgIpc) is 2.59. The Morgan fingerprint density at radius 1 is 1.00 bits per heavy atom. The van der Waals surface area contributed by atoms with Gasteiger partial charge < -0.3 is 19.7 Å². The molecule has 0 radical (unpaired) electrons. The van der Waals surface area contributed by atoms with Crippen molar-refractivity contribution >= 4 is 41.0 Å². The van der Waals surface area contributed by atoms with E-state index in [4.69, 9.17) is 9.05 Å². The van der Waals surface area contributed by atoms with Crippen molar-refractivity contribution in [3.05, 3.63) is 28.7 Å². The molecule has 7 nitrogen and oxygen atoms in total. The molecule has 0 unspecified atom stereocenters. The van der Waals surface area contributed by atoms with Crippen LogP contribution in [0.25, 0.3) is 0 Å². The molecule has 170 valence electrons. The van der Waals surface area contributed by atoms with Crippen LogP contribution in [0.1, 0.15) is 54.4 Å². The lowest BCUT2D eigenvalue weighted by Crippen LogP contribution is -2.44. The number of carbonyl (C=O) groups excluding carboxylic acids is 2. The highest BCUT2D eigenvalue weighted by Crippen LogP contribution is 2.51.